The first-order valence-corrected chi connectivity index (χ1v) is 5.63. The van der Waals surface area contributed by atoms with Gasteiger partial charge in [0.1, 0.15) is 6.61 Å². The molecule has 0 N–H and O–H groups in total. The second-order valence-electron chi connectivity index (χ2n) is 5.28. The van der Waals surface area contributed by atoms with Crippen LogP contribution in [0.25, 0.3) is 0 Å². The minimum atomic E-state index is 0.141. The number of ether oxygens (including phenoxy) is 1. The van der Waals surface area contributed by atoms with Crippen molar-refractivity contribution in [3.05, 3.63) is 23.9 Å². The Balaban J connectivity index is 2.61. The van der Waals surface area contributed by atoms with Crippen LogP contribution in [0.2, 0.25) is 0 Å². The summed E-state index contributed by atoms with van der Waals surface area (Å²) in [5, 5.41) is 0. The van der Waals surface area contributed by atoms with E-state index in [0.717, 1.165) is 6.54 Å². The molecule has 0 unspecified atom stereocenters. The van der Waals surface area contributed by atoms with Gasteiger partial charge in [-0.15, -0.1) is 0 Å². The molecule has 0 bridgehead atoms. The first-order chi connectivity index (χ1) is 7.39. The maximum atomic E-state index is 5.60. The maximum Gasteiger partial charge on any atom is 0.213 e. The molecular formula is C13H22N2O. The summed E-state index contributed by atoms with van der Waals surface area (Å²) in [6, 6.07) is 4.06. The van der Waals surface area contributed by atoms with Gasteiger partial charge in [-0.05, 0) is 31.1 Å². The molecule has 1 aromatic heterocycles. The van der Waals surface area contributed by atoms with Crippen molar-refractivity contribution in [1.82, 2.24) is 9.88 Å². The van der Waals surface area contributed by atoms with Gasteiger partial charge < -0.3 is 9.64 Å². The van der Waals surface area contributed by atoms with Crippen molar-refractivity contribution in [2.24, 2.45) is 0 Å². The fourth-order valence-electron chi connectivity index (χ4n) is 1.29. The van der Waals surface area contributed by atoms with Crippen molar-refractivity contribution >= 4 is 0 Å². The molecule has 0 saturated heterocycles. The molecule has 16 heavy (non-hydrogen) atoms. The predicted molar refractivity (Wildman–Crippen MR) is 67.0 cm³/mol. The molecular weight excluding hydrogens is 200 g/mol. The summed E-state index contributed by atoms with van der Waals surface area (Å²) in [5.74, 6) is 0.717. The lowest BCUT2D eigenvalue weighted by atomic mass is 9.88. The van der Waals surface area contributed by atoms with E-state index in [1.165, 1.54) is 5.56 Å². The zero-order valence-corrected chi connectivity index (χ0v) is 10.9. The second kappa shape index (κ2) is 5.30. The summed E-state index contributed by atoms with van der Waals surface area (Å²) in [6.07, 6.45) is 1.81. The molecule has 1 rings (SSSR count). The van der Waals surface area contributed by atoms with Crippen LogP contribution in [0.1, 0.15) is 26.3 Å². The van der Waals surface area contributed by atoms with Crippen LogP contribution in [0, 0.1) is 0 Å². The molecule has 0 saturated carbocycles. The first kappa shape index (κ1) is 13.0. The molecule has 1 aromatic rings. The van der Waals surface area contributed by atoms with E-state index in [0.29, 0.717) is 12.5 Å². The number of rotatable bonds is 4. The largest absolute Gasteiger partial charge is 0.476 e. The zero-order valence-electron chi connectivity index (χ0n) is 10.9. The minimum absolute atomic E-state index is 0.141. The third-order valence-corrected chi connectivity index (χ3v) is 2.39. The number of likely N-dealkylation sites (N-methyl/N-ethyl adjacent to an activating group) is 1. The van der Waals surface area contributed by atoms with E-state index in [-0.39, 0.29) is 5.41 Å². The van der Waals surface area contributed by atoms with Crippen molar-refractivity contribution in [2.75, 3.05) is 27.2 Å². The van der Waals surface area contributed by atoms with Crippen molar-refractivity contribution in [2.45, 2.75) is 26.2 Å². The highest BCUT2D eigenvalue weighted by Gasteiger charge is 2.14. The van der Waals surface area contributed by atoms with Crippen LogP contribution in [-0.4, -0.2) is 37.1 Å². The van der Waals surface area contributed by atoms with Crippen molar-refractivity contribution in [3.8, 4) is 5.88 Å². The third kappa shape index (κ3) is 4.19. The number of aromatic nitrogens is 1. The Bertz CT molecular complexity index is 329. The van der Waals surface area contributed by atoms with E-state index in [2.05, 4.69) is 30.7 Å². The van der Waals surface area contributed by atoms with E-state index >= 15 is 0 Å². The van der Waals surface area contributed by atoms with Gasteiger partial charge in [-0.3, -0.25) is 0 Å². The molecule has 0 spiro atoms. The van der Waals surface area contributed by atoms with Crippen LogP contribution in [-0.2, 0) is 5.41 Å². The van der Waals surface area contributed by atoms with Crippen LogP contribution < -0.4 is 4.74 Å². The van der Waals surface area contributed by atoms with E-state index in [4.69, 9.17) is 4.74 Å². The highest BCUT2D eigenvalue weighted by molar-refractivity contribution is 5.26. The smallest absolute Gasteiger partial charge is 0.213 e. The van der Waals surface area contributed by atoms with Gasteiger partial charge in [0.15, 0.2) is 0 Å². The Labute approximate surface area is 98.4 Å². The lowest BCUT2D eigenvalue weighted by Gasteiger charge is -2.19. The Morgan fingerprint density at radius 2 is 2.00 bits per heavy atom. The highest BCUT2D eigenvalue weighted by Crippen LogP contribution is 2.23. The maximum absolute atomic E-state index is 5.60. The molecule has 0 radical (unpaired) electrons. The average molecular weight is 222 g/mol. The van der Waals surface area contributed by atoms with Crippen molar-refractivity contribution < 1.29 is 4.74 Å². The van der Waals surface area contributed by atoms with Gasteiger partial charge in [-0.2, -0.15) is 0 Å². The summed E-state index contributed by atoms with van der Waals surface area (Å²) >= 11 is 0. The van der Waals surface area contributed by atoms with Gasteiger partial charge in [0.25, 0.3) is 0 Å². The number of pyridine rings is 1. The Kier molecular flexibility index (Phi) is 4.30. The summed E-state index contributed by atoms with van der Waals surface area (Å²) in [6.45, 7) is 8.14. The van der Waals surface area contributed by atoms with Gasteiger partial charge >= 0.3 is 0 Å². The third-order valence-electron chi connectivity index (χ3n) is 2.39. The molecule has 90 valence electrons. The fourth-order valence-corrected chi connectivity index (χ4v) is 1.29. The number of hydrogen-bond donors (Lipinski definition) is 0. The molecule has 0 amide bonds. The van der Waals surface area contributed by atoms with Gasteiger partial charge in [0.05, 0.1) is 0 Å². The second-order valence-corrected chi connectivity index (χ2v) is 5.28. The quantitative estimate of drug-likeness (QED) is 0.781. The topological polar surface area (TPSA) is 25.4 Å². The summed E-state index contributed by atoms with van der Waals surface area (Å²) in [7, 11) is 4.06. The van der Waals surface area contributed by atoms with E-state index < -0.39 is 0 Å². The van der Waals surface area contributed by atoms with Gasteiger partial charge in [-0.25, -0.2) is 4.98 Å². The Morgan fingerprint density at radius 3 is 2.56 bits per heavy atom. The molecule has 0 aliphatic rings. The Morgan fingerprint density at radius 1 is 1.31 bits per heavy atom. The first-order valence-electron chi connectivity index (χ1n) is 5.63. The lowest BCUT2D eigenvalue weighted by Crippen LogP contribution is -2.20. The molecule has 3 nitrogen and oxygen atoms in total. The average Bonchev–Trinajstić information content (AvgIpc) is 2.16. The lowest BCUT2D eigenvalue weighted by molar-refractivity contribution is 0.253. The molecule has 0 aromatic carbocycles. The molecule has 0 aliphatic heterocycles. The summed E-state index contributed by atoms with van der Waals surface area (Å²) in [4.78, 5) is 6.30. The SMILES string of the molecule is CN(C)CCOc1cc(C(C)(C)C)ccn1. The van der Waals surface area contributed by atoms with Crippen LogP contribution in [0.3, 0.4) is 0 Å². The number of hydrogen-bond acceptors (Lipinski definition) is 3. The predicted octanol–water partition coefficient (Wildman–Crippen LogP) is 2.32. The highest BCUT2D eigenvalue weighted by atomic mass is 16.5. The molecule has 3 heteroatoms. The van der Waals surface area contributed by atoms with Crippen molar-refractivity contribution in [1.29, 1.82) is 0 Å². The van der Waals surface area contributed by atoms with Crippen molar-refractivity contribution in [3.63, 3.8) is 0 Å². The van der Waals surface area contributed by atoms with E-state index in [1.54, 1.807) is 0 Å². The standard InChI is InChI=1S/C13H22N2O/c1-13(2,3)11-6-7-14-12(10-11)16-9-8-15(4)5/h6-7,10H,8-9H2,1-5H3. The molecule has 0 aliphatic carbocycles. The monoisotopic (exact) mass is 222 g/mol. The summed E-state index contributed by atoms with van der Waals surface area (Å²) in [5.41, 5.74) is 1.39. The molecule has 1 heterocycles. The summed E-state index contributed by atoms with van der Waals surface area (Å²) < 4.78 is 5.60. The van der Waals surface area contributed by atoms with Crippen LogP contribution in [0.15, 0.2) is 18.3 Å². The number of nitrogens with zero attached hydrogens (tertiary/aromatic N) is 2. The normalized spacial score (nSPS) is 11.9. The fraction of sp³-hybridized carbons (Fsp3) is 0.615. The molecule has 0 atom stereocenters. The zero-order chi connectivity index (χ0) is 12.2. The van der Waals surface area contributed by atoms with E-state index in [9.17, 15) is 0 Å². The van der Waals surface area contributed by atoms with Gasteiger partial charge in [0, 0.05) is 18.8 Å². The minimum Gasteiger partial charge on any atom is -0.476 e. The van der Waals surface area contributed by atoms with Gasteiger partial charge in [-0.1, -0.05) is 20.8 Å². The van der Waals surface area contributed by atoms with Crippen LogP contribution in [0.4, 0.5) is 0 Å². The van der Waals surface area contributed by atoms with Gasteiger partial charge in [0.2, 0.25) is 5.88 Å². The van der Waals surface area contributed by atoms with Crippen LogP contribution >= 0.6 is 0 Å². The Hall–Kier alpha value is -1.09. The van der Waals surface area contributed by atoms with E-state index in [1.807, 2.05) is 32.4 Å². The van der Waals surface area contributed by atoms with Crippen LogP contribution in [0.5, 0.6) is 5.88 Å². The molecule has 0 fully saturated rings.